The molecule has 1 fully saturated rings. The molecule has 0 aliphatic carbocycles. The van der Waals surface area contributed by atoms with Gasteiger partial charge in [-0.05, 0) is 42.8 Å². The molecule has 1 saturated heterocycles. The van der Waals surface area contributed by atoms with Crippen molar-refractivity contribution in [1.82, 2.24) is 10.4 Å². The topological polar surface area (TPSA) is 111 Å². The number of carbonyl (C=O) groups is 1. The standard InChI is InChI=1S/C14H15FN3O5PS/c15-10-4-3-9(11(8-10)23-24(20,21)22)7-12-13(19)17-14(25-12)18-6-2-1-5-16-18/h3-4,7-8,16H,1-2,5-6H2,(H2,20,21,22)/b12-7-. The van der Waals surface area contributed by atoms with Crippen molar-refractivity contribution in [2.75, 3.05) is 13.1 Å². The molecule has 3 N–H and O–H groups in total. The first-order valence-electron chi connectivity index (χ1n) is 7.40. The van der Waals surface area contributed by atoms with Gasteiger partial charge in [-0.3, -0.25) is 19.6 Å². The van der Waals surface area contributed by atoms with Gasteiger partial charge in [0.1, 0.15) is 11.6 Å². The molecule has 0 aromatic heterocycles. The zero-order chi connectivity index (χ0) is 18.0. The number of benzene rings is 1. The van der Waals surface area contributed by atoms with Crippen molar-refractivity contribution in [2.45, 2.75) is 12.8 Å². The van der Waals surface area contributed by atoms with E-state index < -0.39 is 19.5 Å². The van der Waals surface area contributed by atoms with Crippen LogP contribution in [0.2, 0.25) is 0 Å². The van der Waals surface area contributed by atoms with Crippen molar-refractivity contribution >= 4 is 36.7 Å². The summed E-state index contributed by atoms with van der Waals surface area (Å²) in [4.78, 5) is 34.2. The van der Waals surface area contributed by atoms with Gasteiger partial charge in [0.05, 0.1) is 4.91 Å². The highest BCUT2D eigenvalue weighted by atomic mass is 32.2. The van der Waals surface area contributed by atoms with Crippen LogP contribution in [0.5, 0.6) is 5.75 Å². The number of rotatable bonds is 3. The largest absolute Gasteiger partial charge is 0.524 e. The lowest BCUT2D eigenvalue weighted by atomic mass is 10.2. The maximum Gasteiger partial charge on any atom is 0.524 e. The Hall–Kier alpha value is -1.71. The number of phosphoric acid groups is 1. The zero-order valence-electron chi connectivity index (χ0n) is 12.9. The molecule has 3 rings (SSSR count). The molecule has 0 unspecified atom stereocenters. The van der Waals surface area contributed by atoms with E-state index in [0.717, 1.165) is 49.8 Å². The Morgan fingerprint density at radius 2 is 2.20 bits per heavy atom. The molecule has 0 saturated carbocycles. The van der Waals surface area contributed by atoms with Gasteiger partial charge in [-0.25, -0.2) is 14.4 Å². The Kier molecular flexibility index (Phi) is 5.26. The summed E-state index contributed by atoms with van der Waals surface area (Å²) in [5, 5.41) is 2.31. The molecular formula is C14H15FN3O5PS. The van der Waals surface area contributed by atoms with E-state index in [1.54, 1.807) is 5.01 Å². The molecule has 11 heteroatoms. The maximum atomic E-state index is 13.4. The van der Waals surface area contributed by atoms with Gasteiger partial charge in [-0.15, -0.1) is 0 Å². The number of hydrogen-bond acceptors (Lipinski definition) is 6. The third kappa shape index (κ3) is 4.68. The summed E-state index contributed by atoms with van der Waals surface area (Å²) in [6, 6.07) is 3.23. The Morgan fingerprint density at radius 3 is 2.88 bits per heavy atom. The molecule has 0 atom stereocenters. The lowest BCUT2D eigenvalue weighted by molar-refractivity contribution is -0.113. The molecule has 0 bridgehead atoms. The summed E-state index contributed by atoms with van der Waals surface area (Å²) < 4.78 is 28.9. The number of hydrogen-bond donors (Lipinski definition) is 3. The molecule has 2 aliphatic rings. The smallest absolute Gasteiger partial charge is 0.404 e. The fourth-order valence-electron chi connectivity index (χ4n) is 2.34. The highest BCUT2D eigenvalue weighted by molar-refractivity contribution is 8.18. The van der Waals surface area contributed by atoms with Crippen LogP contribution in [0.3, 0.4) is 0 Å². The molecule has 1 aromatic rings. The number of nitrogens with zero attached hydrogens (tertiary/aromatic N) is 2. The van der Waals surface area contributed by atoms with Crippen LogP contribution in [0.15, 0.2) is 28.1 Å². The number of phosphoric ester groups is 1. The maximum absolute atomic E-state index is 13.4. The summed E-state index contributed by atoms with van der Waals surface area (Å²) in [5.74, 6) is -1.54. The van der Waals surface area contributed by atoms with E-state index in [1.807, 2.05) is 0 Å². The van der Waals surface area contributed by atoms with Crippen LogP contribution >= 0.6 is 19.6 Å². The molecule has 2 heterocycles. The highest BCUT2D eigenvalue weighted by Gasteiger charge is 2.28. The summed E-state index contributed by atoms with van der Waals surface area (Å²) in [5.41, 5.74) is 3.31. The monoisotopic (exact) mass is 387 g/mol. The minimum atomic E-state index is -4.86. The van der Waals surface area contributed by atoms with E-state index in [1.165, 1.54) is 12.1 Å². The van der Waals surface area contributed by atoms with Gasteiger partial charge in [-0.2, -0.15) is 4.99 Å². The van der Waals surface area contributed by atoms with Crippen LogP contribution in [0.4, 0.5) is 4.39 Å². The molecule has 2 aliphatic heterocycles. The first-order chi connectivity index (χ1) is 11.8. The second-order valence-corrected chi connectivity index (χ2v) is 7.51. The summed E-state index contributed by atoms with van der Waals surface area (Å²) >= 11 is 1.13. The molecule has 0 radical (unpaired) electrons. The normalized spacial score (nSPS) is 20.1. The van der Waals surface area contributed by atoms with E-state index in [2.05, 4.69) is 14.9 Å². The average Bonchev–Trinajstić information content (AvgIpc) is 2.90. The third-order valence-electron chi connectivity index (χ3n) is 3.43. The number of carbonyl (C=O) groups excluding carboxylic acids is 1. The van der Waals surface area contributed by atoms with E-state index >= 15 is 0 Å². The van der Waals surface area contributed by atoms with E-state index in [-0.39, 0.29) is 16.2 Å². The molecule has 0 spiro atoms. The van der Waals surface area contributed by atoms with Gasteiger partial charge in [0.25, 0.3) is 5.91 Å². The number of nitrogens with one attached hydrogen (secondary N) is 1. The van der Waals surface area contributed by atoms with Crippen LogP contribution in [0, 0.1) is 5.82 Å². The van der Waals surface area contributed by atoms with Gasteiger partial charge >= 0.3 is 7.82 Å². The van der Waals surface area contributed by atoms with Gasteiger partial charge in [0, 0.05) is 24.7 Å². The van der Waals surface area contributed by atoms with Crippen LogP contribution in [-0.4, -0.2) is 39.0 Å². The third-order valence-corrected chi connectivity index (χ3v) is 4.87. The molecule has 1 aromatic carbocycles. The summed E-state index contributed by atoms with van der Waals surface area (Å²) in [7, 11) is -4.86. The Morgan fingerprint density at radius 1 is 1.40 bits per heavy atom. The lowest BCUT2D eigenvalue weighted by Gasteiger charge is -2.28. The van der Waals surface area contributed by atoms with Crippen LogP contribution in [0.1, 0.15) is 18.4 Å². The van der Waals surface area contributed by atoms with Crippen molar-refractivity contribution in [3.05, 3.63) is 34.5 Å². The Labute approximate surface area is 147 Å². The number of hydrazine groups is 1. The Balaban J connectivity index is 1.84. The van der Waals surface area contributed by atoms with Gasteiger partial charge in [0.2, 0.25) is 0 Å². The summed E-state index contributed by atoms with van der Waals surface area (Å²) in [6.45, 7) is 1.53. The van der Waals surface area contributed by atoms with Crippen molar-refractivity contribution in [3.8, 4) is 5.75 Å². The molecular weight excluding hydrogens is 372 g/mol. The van der Waals surface area contributed by atoms with E-state index in [0.29, 0.717) is 5.17 Å². The van der Waals surface area contributed by atoms with Gasteiger partial charge in [0.15, 0.2) is 5.17 Å². The second kappa shape index (κ2) is 7.27. The zero-order valence-corrected chi connectivity index (χ0v) is 14.6. The predicted octanol–water partition coefficient (Wildman–Crippen LogP) is 1.87. The minimum Gasteiger partial charge on any atom is -0.404 e. The number of halogens is 1. The summed E-state index contributed by atoms with van der Waals surface area (Å²) in [6.07, 6.45) is 3.40. The SMILES string of the molecule is O=C1N=C(N2CCCCN2)S/C1=C\c1ccc(F)cc1OP(=O)(O)O. The molecule has 8 nitrogen and oxygen atoms in total. The highest BCUT2D eigenvalue weighted by Crippen LogP contribution is 2.41. The molecule has 1 amide bonds. The number of aliphatic imine (C=N–C) groups is 1. The fourth-order valence-corrected chi connectivity index (χ4v) is 3.67. The quantitative estimate of drug-likeness (QED) is 0.532. The predicted molar refractivity (Wildman–Crippen MR) is 91.0 cm³/mol. The van der Waals surface area contributed by atoms with E-state index in [4.69, 9.17) is 9.79 Å². The van der Waals surface area contributed by atoms with Crippen molar-refractivity contribution in [2.24, 2.45) is 4.99 Å². The minimum absolute atomic E-state index is 0.170. The van der Waals surface area contributed by atoms with Crippen molar-refractivity contribution in [3.63, 3.8) is 0 Å². The number of amidine groups is 1. The van der Waals surface area contributed by atoms with Crippen LogP contribution in [-0.2, 0) is 9.36 Å². The second-order valence-electron chi connectivity index (χ2n) is 5.34. The average molecular weight is 387 g/mol. The Bertz CT molecular complexity index is 804. The van der Waals surface area contributed by atoms with Crippen LogP contribution < -0.4 is 9.95 Å². The number of thioether (sulfide) groups is 1. The van der Waals surface area contributed by atoms with Gasteiger partial charge in [-0.1, -0.05) is 0 Å². The van der Waals surface area contributed by atoms with E-state index in [9.17, 15) is 13.8 Å². The first-order valence-corrected chi connectivity index (χ1v) is 9.75. The van der Waals surface area contributed by atoms with Gasteiger partial charge < -0.3 is 4.52 Å². The fraction of sp³-hybridized carbons (Fsp3) is 0.286. The number of amides is 1. The van der Waals surface area contributed by atoms with Crippen LogP contribution in [0.25, 0.3) is 6.08 Å². The lowest BCUT2D eigenvalue weighted by Crippen LogP contribution is -2.45. The van der Waals surface area contributed by atoms with Crippen molar-refractivity contribution in [1.29, 1.82) is 0 Å². The molecule has 134 valence electrons. The first kappa shape index (κ1) is 18.1. The molecule has 25 heavy (non-hydrogen) atoms. The van der Waals surface area contributed by atoms with Crippen molar-refractivity contribution < 1.29 is 28.1 Å².